The molecule has 1 heterocycles. The first-order valence-corrected chi connectivity index (χ1v) is 9.29. The summed E-state index contributed by atoms with van der Waals surface area (Å²) in [6.07, 6.45) is 3.44. The lowest BCUT2D eigenvalue weighted by Crippen LogP contribution is -2.33. The topological polar surface area (TPSA) is 84.0 Å². The highest BCUT2D eigenvalue weighted by atomic mass is 32.2. The first-order chi connectivity index (χ1) is 9.49. The fourth-order valence-corrected chi connectivity index (χ4v) is 3.48. The van der Waals surface area contributed by atoms with E-state index in [-0.39, 0.29) is 10.9 Å². The number of hydrogen-bond acceptors (Lipinski definition) is 6. The molecule has 0 spiro atoms. The summed E-state index contributed by atoms with van der Waals surface area (Å²) in [5, 5.41) is 2.92. The van der Waals surface area contributed by atoms with Gasteiger partial charge in [-0.05, 0) is 31.8 Å². The summed E-state index contributed by atoms with van der Waals surface area (Å²) in [4.78, 5) is 8.04. The molecule has 1 aromatic heterocycles. The minimum absolute atomic E-state index is 0.0918. The first kappa shape index (κ1) is 17.2. The Kier molecular flexibility index (Phi) is 7.25. The number of nitrogens with one attached hydrogen (secondary N) is 2. The summed E-state index contributed by atoms with van der Waals surface area (Å²) in [6, 6.07) is -0.104. The number of rotatable bonds is 9. The molecule has 1 unspecified atom stereocenters. The van der Waals surface area contributed by atoms with Gasteiger partial charge < -0.3 is 5.32 Å². The molecule has 1 atom stereocenters. The van der Waals surface area contributed by atoms with Crippen molar-refractivity contribution in [2.45, 2.75) is 38.1 Å². The molecule has 0 bridgehead atoms. The molecule has 114 valence electrons. The van der Waals surface area contributed by atoms with Gasteiger partial charge in [0.1, 0.15) is 4.90 Å². The van der Waals surface area contributed by atoms with Crippen LogP contribution in [-0.4, -0.2) is 42.5 Å². The molecule has 0 aliphatic carbocycles. The Morgan fingerprint density at radius 3 is 2.50 bits per heavy atom. The van der Waals surface area contributed by atoms with E-state index in [9.17, 15) is 8.42 Å². The summed E-state index contributed by atoms with van der Waals surface area (Å²) >= 11 is 1.80. The van der Waals surface area contributed by atoms with Crippen LogP contribution < -0.4 is 10.0 Å². The number of thioether (sulfide) groups is 1. The molecule has 0 aromatic carbocycles. The molecule has 0 amide bonds. The highest BCUT2D eigenvalue weighted by Crippen LogP contribution is 2.10. The number of anilines is 1. The van der Waals surface area contributed by atoms with Gasteiger partial charge in [-0.25, -0.2) is 23.1 Å². The highest BCUT2D eigenvalue weighted by Gasteiger charge is 2.18. The normalized spacial score (nSPS) is 13.2. The van der Waals surface area contributed by atoms with Crippen molar-refractivity contribution >= 4 is 27.7 Å². The van der Waals surface area contributed by atoms with Crippen molar-refractivity contribution in [1.82, 2.24) is 14.7 Å². The van der Waals surface area contributed by atoms with E-state index in [4.69, 9.17) is 0 Å². The Balaban J connectivity index is 2.63. The number of hydrogen-bond donors (Lipinski definition) is 2. The monoisotopic (exact) mass is 318 g/mol. The molecule has 8 heteroatoms. The van der Waals surface area contributed by atoms with Crippen LogP contribution in [0.2, 0.25) is 0 Å². The Bertz CT molecular complexity index is 491. The van der Waals surface area contributed by atoms with E-state index in [0.717, 1.165) is 17.9 Å². The third-order valence-corrected chi connectivity index (χ3v) is 5.01. The van der Waals surface area contributed by atoms with Crippen molar-refractivity contribution in [1.29, 1.82) is 0 Å². The summed E-state index contributed by atoms with van der Waals surface area (Å²) in [6.45, 7) is 6.56. The predicted molar refractivity (Wildman–Crippen MR) is 83.6 cm³/mol. The van der Waals surface area contributed by atoms with Crippen LogP contribution in [0.3, 0.4) is 0 Å². The van der Waals surface area contributed by atoms with Gasteiger partial charge in [-0.1, -0.05) is 6.92 Å². The molecule has 0 saturated carbocycles. The standard InChI is InChI=1S/C12H22N4O2S2/c1-4-13-12-14-8-11(9-15-12)20(17,18)16-10(3)6-7-19-5-2/h8-10,16H,4-7H2,1-3H3,(H,13,14,15). The lowest BCUT2D eigenvalue weighted by Gasteiger charge is -2.13. The molecule has 0 radical (unpaired) electrons. The van der Waals surface area contributed by atoms with Gasteiger partial charge >= 0.3 is 0 Å². The summed E-state index contributed by atoms with van der Waals surface area (Å²) in [5.41, 5.74) is 0. The largest absolute Gasteiger partial charge is 0.355 e. The van der Waals surface area contributed by atoms with Gasteiger partial charge in [0.2, 0.25) is 16.0 Å². The van der Waals surface area contributed by atoms with Crippen LogP contribution >= 0.6 is 11.8 Å². The van der Waals surface area contributed by atoms with E-state index in [0.29, 0.717) is 12.5 Å². The Morgan fingerprint density at radius 1 is 1.30 bits per heavy atom. The van der Waals surface area contributed by atoms with Crippen molar-refractivity contribution in [3.63, 3.8) is 0 Å². The maximum Gasteiger partial charge on any atom is 0.243 e. The lowest BCUT2D eigenvalue weighted by atomic mass is 10.3. The van der Waals surface area contributed by atoms with Gasteiger partial charge in [0.25, 0.3) is 0 Å². The predicted octanol–water partition coefficient (Wildman–Crippen LogP) is 1.72. The molecule has 1 aromatic rings. The van der Waals surface area contributed by atoms with Crippen LogP contribution in [0.1, 0.15) is 27.2 Å². The first-order valence-electron chi connectivity index (χ1n) is 6.65. The van der Waals surface area contributed by atoms with Gasteiger partial charge in [0.15, 0.2) is 0 Å². The van der Waals surface area contributed by atoms with Crippen LogP contribution in [0.25, 0.3) is 0 Å². The van der Waals surface area contributed by atoms with E-state index in [1.54, 1.807) is 11.8 Å². The van der Waals surface area contributed by atoms with Crippen LogP contribution in [0.5, 0.6) is 0 Å². The zero-order chi connectivity index (χ0) is 15.0. The van der Waals surface area contributed by atoms with E-state index >= 15 is 0 Å². The van der Waals surface area contributed by atoms with Crippen molar-refractivity contribution in [2.24, 2.45) is 0 Å². The molecule has 20 heavy (non-hydrogen) atoms. The molecular weight excluding hydrogens is 296 g/mol. The molecule has 0 aliphatic rings. The smallest absolute Gasteiger partial charge is 0.243 e. The Labute approximate surface area is 125 Å². The number of nitrogens with zero attached hydrogens (tertiary/aromatic N) is 2. The highest BCUT2D eigenvalue weighted by molar-refractivity contribution is 7.99. The molecule has 2 N–H and O–H groups in total. The van der Waals surface area contributed by atoms with Gasteiger partial charge in [-0.3, -0.25) is 0 Å². The second kappa shape index (κ2) is 8.43. The molecule has 1 rings (SSSR count). The van der Waals surface area contributed by atoms with Crippen LogP contribution in [0.4, 0.5) is 5.95 Å². The van der Waals surface area contributed by atoms with Crippen LogP contribution in [-0.2, 0) is 10.0 Å². The van der Waals surface area contributed by atoms with Crippen molar-refractivity contribution in [2.75, 3.05) is 23.4 Å². The fraction of sp³-hybridized carbons (Fsp3) is 0.667. The van der Waals surface area contributed by atoms with Gasteiger partial charge in [-0.2, -0.15) is 11.8 Å². The van der Waals surface area contributed by atoms with E-state index in [1.807, 2.05) is 13.8 Å². The maximum absolute atomic E-state index is 12.1. The molecule has 0 fully saturated rings. The molecular formula is C12H22N4O2S2. The fourth-order valence-electron chi connectivity index (χ4n) is 1.50. The van der Waals surface area contributed by atoms with Crippen molar-refractivity contribution in [3.8, 4) is 0 Å². The average molecular weight is 318 g/mol. The lowest BCUT2D eigenvalue weighted by molar-refractivity contribution is 0.556. The second-order valence-corrected chi connectivity index (χ2v) is 7.39. The van der Waals surface area contributed by atoms with Gasteiger partial charge in [0.05, 0.1) is 12.4 Å². The zero-order valence-corrected chi connectivity index (χ0v) is 13.7. The average Bonchev–Trinajstić information content (AvgIpc) is 2.39. The minimum Gasteiger partial charge on any atom is -0.355 e. The van der Waals surface area contributed by atoms with E-state index < -0.39 is 10.0 Å². The summed E-state index contributed by atoms with van der Waals surface area (Å²) in [7, 11) is -3.54. The number of sulfonamides is 1. The maximum atomic E-state index is 12.1. The van der Waals surface area contributed by atoms with E-state index in [2.05, 4.69) is 26.9 Å². The summed E-state index contributed by atoms with van der Waals surface area (Å²) < 4.78 is 26.9. The third kappa shape index (κ3) is 5.64. The molecule has 6 nitrogen and oxygen atoms in total. The van der Waals surface area contributed by atoms with E-state index in [1.165, 1.54) is 12.4 Å². The summed E-state index contributed by atoms with van der Waals surface area (Å²) in [5.74, 6) is 2.41. The third-order valence-electron chi connectivity index (χ3n) is 2.53. The van der Waals surface area contributed by atoms with Crippen molar-refractivity contribution < 1.29 is 8.42 Å². The minimum atomic E-state index is -3.54. The second-order valence-electron chi connectivity index (χ2n) is 4.28. The van der Waals surface area contributed by atoms with Gasteiger partial charge in [0, 0.05) is 12.6 Å². The quantitative estimate of drug-likeness (QED) is 0.675. The van der Waals surface area contributed by atoms with Crippen LogP contribution in [0.15, 0.2) is 17.3 Å². The number of aromatic nitrogens is 2. The molecule has 0 aliphatic heterocycles. The SMILES string of the molecule is CCNc1ncc(S(=O)(=O)NC(C)CCSCC)cn1. The zero-order valence-electron chi connectivity index (χ0n) is 12.1. The Hall–Kier alpha value is -0.860. The van der Waals surface area contributed by atoms with Crippen molar-refractivity contribution in [3.05, 3.63) is 12.4 Å². The molecule has 0 saturated heterocycles. The Morgan fingerprint density at radius 2 is 1.95 bits per heavy atom. The van der Waals surface area contributed by atoms with Gasteiger partial charge in [-0.15, -0.1) is 0 Å². The van der Waals surface area contributed by atoms with Crippen LogP contribution in [0, 0.1) is 0 Å².